The highest BCUT2D eigenvalue weighted by atomic mass is 19.4. The van der Waals surface area contributed by atoms with E-state index in [1.54, 1.807) is 6.07 Å². The zero-order chi connectivity index (χ0) is 14.8. The van der Waals surface area contributed by atoms with Crippen molar-refractivity contribution in [3.8, 4) is 17.3 Å². The summed E-state index contributed by atoms with van der Waals surface area (Å²) in [5.41, 5.74) is -0.0917. The van der Waals surface area contributed by atoms with Crippen LogP contribution in [-0.2, 0) is 6.42 Å². The van der Waals surface area contributed by atoms with Crippen LogP contribution in [-0.4, -0.2) is 16.1 Å². The van der Waals surface area contributed by atoms with Gasteiger partial charge >= 0.3 is 6.18 Å². The van der Waals surface area contributed by atoms with Gasteiger partial charge in [0.2, 0.25) is 0 Å². The second-order valence-corrected chi connectivity index (χ2v) is 4.06. The monoisotopic (exact) mass is 279 g/mol. The number of halogens is 3. The van der Waals surface area contributed by atoms with Gasteiger partial charge in [0.25, 0.3) is 5.56 Å². The molecule has 0 saturated carbocycles. The average molecular weight is 279 g/mol. The highest BCUT2D eigenvalue weighted by molar-refractivity contribution is 5.65. The molecule has 0 spiro atoms. The van der Waals surface area contributed by atoms with Crippen molar-refractivity contribution >= 4 is 0 Å². The number of aromatic amines is 1. The molecule has 2 aromatic rings. The lowest BCUT2D eigenvalue weighted by Crippen LogP contribution is -2.12. The molecule has 0 aliphatic rings. The Labute approximate surface area is 111 Å². The zero-order valence-electron chi connectivity index (χ0n) is 10.0. The first-order chi connectivity index (χ1) is 9.40. The number of benzene rings is 1. The first-order valence-electron chi connectivity index (χ1n) is 5.54. The third-order valence-corrected chi connectivity index (χ3v) is 2.60. The fourth-order valence-electron chi connectivity index (χ4n) is 1.73. The molecule has 1 aromatic carbocycles. The summed E-state index contributed by atoms with van der Waals surface area (Å²) in [5, 5.41) is 8.91. The Morgan fingerprint density at radius 2 is 1.90 bits per heavy atom. The van der Waals surface area contributed by atoms with Gasteiger partial charge in [0.05, 0.1) is 18.4 Å². The molecule has 0 radical (unpaired) electrons. The first-order valence-corrected chi connectivity index (χ1v) is 5.54. The Hall–Kier alpha value is -2.62. The minimum atomic E-state index is -4.28. The lowest BCUT2D eigenvalue weighted by molar-refractivity contribution is -0.127. The van der Waals surface area contributed by atoms with E-state index in [9.17, 15) is 18.0 Å². The molecule has 0 atom stereocenters. The smallest absolute Gasteiger partial charge is 0.312 e. The summed E-state index contributed by atoms with van der Waals surface area (Å²) >= 11 is 0. The van der Waals surface area contributed by atoms with Crippen molar-refractivity contribution in [3.63, 3.8) is 0 Å². The van der Waals surface area contributed by atoms with Crippen LogP contribution in [0.2, 0.25) is 0 Å². The summed E-state index contributed by atoms with van der Waals surface area (Å²) in [6.07, 6.45) is -4.16. The fraction of sp³-hybridized carbons (Fsp3) is 0.154. The Balaban J connectivity index is 2.39. The van der Waals surface area contributed by atoms with E-state index in [4.69, 9.17) is 5.26 Å². The van der Waals surface area contributed by atoms with Crippen molar-refractivity contribution in [3.05, 3.63) is 52.1 Å². The maximum atomic E-state index is 12.2. The number of nitrogens with zero attached hydrogens (tertiary/aromatic N) is 2. The normalized spacial score (nSPS) is 11.1. The van der Waals surface area contributed by atoms with Gasteiger partial charge in [-0.15, -0.1) is 0 Å². The van der Waals surface area contributed by atoms with Gasteiger partial charge in [-0.1, -0.05) is 24.3 Å². The van der Waals surface area contributed by atoms with Crippen LogP contribution in [0.1, 0.15) is 11.1 Å². The van der Waals surface area contributed by atoms with Gasteiger partial charge in [-0.05, 0) is 5.56 Å². The Morgan fingerprint density at radius 3 is 2.45 bits per heavy atom. The van der Waals surface area contributed by atoms with Gasteiger partial charge in [-0.3, -0.25) is 4.79 Å². The largest absolute Gasteiger partial charge is 0.393 e. The molecule has 20 heavy (non-hydrogen) atoms. The van der Waals surface area contributed by atoms with E-state index in [-0.39, 0.29) is 16.8 Å². The third-order valence-electron chi connectivity index (χ3n) is 2.60. The van der Waals surface area contributed by atoms with Crippen molar-refractivity contribution in [1.29, 1.82) is 5.26 Å². The molecule has 0 amide bonds. The van der Waals surface area contributed by atoms with Crippen molar-refractivity contribution in [2.24, 2.45) is 0 Å². The van der Waals surface area contributed by atoms with Gasteiger partial charge in [0.15, 0.2) is 0 Å². The van der Waals surface area contributed by atoms with Gasteiger partial charge in [-0.2, -0.15) is 18.4 Å². The summed E-state index contributed by atoms with van der Waals surface area (Å²) in [5.74, 6) is 0. The van der Waals surface area contributed by atoms with Crippen LogP contribution < -0.4 is 5.56 Å². The van der Waals surface area contributed by atoms with Crippen molar-refractivity contribution in [2.45, 2.75) is 12.6 Å². The molecular formula is C13H8F3N3O. The van der Waals surface area contributed by atoms with Crippen LogP contribution in [0.3, 0.4) is 0 Å². The van der Waals surface area contributed by atoms with Crippen molar-refractivity contribution in [1.82, 2.24) is 9.97 Å². The standard InChI is InChI=1S/C13H8F3N3O/c14-13(15,16)5-8-1-3-9(4-2-8)11-10(6-17)12(20)19-7-18-11/h1-4,7H,5H2,(H,18,19,20). The molecule has 0 bridgehead atoms. The van der Waals surface area contributed by atoms with Crippen LogP contribution in [0.15, 0.2) is 35.4 Å². The van der Waals surface area contributed by atoms with Gasteiger partial charge in [0, 0.05) is 5.56 Å². The van der Waals surface area contributed by atoms with E-state index in [0.717, 1.165) is 6.33 Å². The van der Waals surface area contributed by atoms with Crippen molar-refractivity contribution in [2.75, 3.05) is 0 Å². The summed E-state index contributed by atoms with van der Waals surface area (Å²) in [4.78, 5) is 17.6. The number of hydrogen-bond acceptors (Lipinski definition) is 3. The van der Waals surface area contributed by atoms with Crippen molar-refractivity contribution < 1.29 is 13.2 Å². The number of nitriles is 1. The zero-order valence-corrected chi connectivity index (χ0v) is 10.0. The SMILES string of the molecule is N#Cc1c(-c2ccc(CC(F)(F)F)cc2)nc[nH]c1=O. The number of hydrogen-bond donors (Lipinski definition) is 1. The molecule has 2 rings (SSSR count). The topological polar surface area (TPSA) is 69.5 Å². The fourth-order valence-corrected chi connectivity index (χ4v) is 1.73. The quantitative estimate of drug-likeness (QED) is 0.917. The Morgan fingerprint density at radius 1 is 1.25 bits per heavy atom. The lowest BCUT2D eigenvalue weighted by atomic mass is 10.0. The minimum absolute atomic E-state index is 0.101. The second-order valence-electron chi connectivity index (χ2n) is 4.06. The van der Waals surface area contributed by atoms with Gasteiger partial charge in [0.1, 0.15) is 11.6 Å². The molecule has 1 N–H and O–H groups in total. The van der Waals surface area contributed by atoms with E-state index in [2.05, 4.69) is 9.97 Å². The van der Waals surface area contributed by atoms with E-state index >= 15 is 0 Å². The second kappa shape index (κ2) is 5.17. The van der Waals surface area contributed by atoms with E-state index in [0.29, 0.717) is 5.56 Å². The first kappa shape index (κ1) is 13.8. The molecule has 7 heteroatoms. The Kier molecular flexibility index (Phi) is 3.57. The van der Waals surface area contributed by atoms with Crippen LogP contribution in [0.5, 0.6) is 0 Å². The third kappa shape index (κ3) is 3.03. The van der Waals surface area contributed by atoms with Crippen LogP contribution in [0, 0.1) is 11.3 Å². The summed E-state index contributed by atoms with van der Waals surface area (Å²) in [6, 6.07) is 7.14. The van der Waals surface area contributed by atoms with Crippen LogP contribution >= 0.6 is 0 Å². The predicted molar refractivity (Wildman–Crippen MR) is 64.8 cm³/mol. The number of H-pyrrole nitrogens is 1. The number of aromatic nitrogens is 2. The summed E-state index contributed by atoms with van der Waals surface area (Å²) in [6.45, 7) is 0. The molecule has 0 aliphatic carbocycles. The van der Waals surface area contributed by atoms with Gasteiger partial charge < -0.3 is 4.98 Å². The highest BCUT2D eigenvalue weighted by Gasteiger charge is 2.27. The van der Waals surface area contributed by atoms with E-state index in [1.807, 2.05) is 0 Å². The molecule has 1 aromatic heterocycles. The lowest BCUT2D eigenvalue weighted by Gasteiger charge is -2.07. The molecule has 0 fully saturated rings. The maximum absolute atomic E-state index is 12.2. The molecule has 102 valence electrons. The molecular weight excluding hydrogens is 271 g/mol. The number of rotatable bonds is 2. The highest BCUT2D eigenvalue weighted by Crippen LogP contribution is 2.24. The molecule has 0 saturated heterocycles. The molecule has 1 heterocycles. The summed E-state index contributed by atoms with van der Waals surface area (Å²) < 4.78 is 36.7. The number of nitrogens with one attached hydrogen (secondary N) is 1. The Bertz CT molecular complexity index is 711. The molecule has 0 aliphatic heterocycles. The number of alkyl halides is 3. The van der Waals surface area contributed by atoms with E-state index < -0.39 is 18.2 Å². The van der Waals surface area contributed by atoms with E-state index in [1.165, 1.54) is 24.3 Å². The molecule has 4 nitrogen and oxygen atoms in total. The van der Waals surface area contributed by atoms with Gasteiger partial charge in [-0.25, -0.2) is 4.98 Å². The maximum Gasteiger partial charge on any atom is 0.393 e. The molecule has 0 unspecified atom stereocenters. The van der Waals surface area contributed by atoms with Crippen LogP contribution in [0.25, 0.3) is 11.3 Å². The predicted octanol–water partition coefficient (Wildman–Crippen LogP) is 2.41. The average Bonchev–Trinajstić information content (AvgIpc) is 2.37. The van der Waals surface area contributed by atoms with Crippen LogP contribution in [0.4, 0.5) is 13.2 Å². The summed E-state index contributed by atoms with van der Waals surface area (Å²) in [7, 11) is 0. The minimum Gasteiger partial charge on any atom is -0.312 e.